The monoisotopic (exact) mass is 166 g/mol. The summed E-state index contributed by atoms with van der Waals surface area (Å²) < 4.78 is 5.02. The number of ether oxygens (including phenoxy) is 1. The lowest BCUT2D eigenvalue weighted by molar-refractivity contribution is -0.137. The van der Waals surface area contributed by atoms with Crippen LogP contribution in [0.3, 0.4) is 0 Å². The number of hydrogen-bond donors (Lipinski definition) is 0. The van der Waals surface area contributed by atoms with E-state index in [-0.39, 0.29) is 5.97 Å². The Kier molecular flexibility index (Phi) is 3.58. The van der Waals surface area contributed by atoms with E-state index in [1.807, 2.05) is 6.08 Å². The standard InChI is InChI=1S/C10H14O2/c1-9(11)12-10-7-5-3-2-4-6-8-10/h2-3,8H,4-7H2,1H3. The Morgan fingerprint density at radius 3 is 2.83 bits per heavy atom. The molecule has 1 aliphatic rings. The second-order valence-corrected chi connectivity index (χ2v) is 2.85. The first-order valence-corrected chi connectivity index (χ1v) is 4.31. The average Bonchev–Trinajstić information content (AvgIpc) is 1.93. The van der Waals surface area contributed by atoms with Crippen molar-refractivity contribution in [2.24, 2.45) is 0 Å². The minimum absolute atomic E-state index is 0.217. The van der Waals surface area contributed by atoms with Crippen molar-refractivity contribution in [3.05, 3.63) is 24.0 Å². The maximum absolute atomic E-state index is 10.6. The minimum Gasteiger partial charge on any atom is -0.432 e. The number of hydrogen-bond acceptors (Lipinski definition) is 2. The molecule has 1 rings (SSSR count). The van der Waals surface area contributed by atoms with E-state index < -0.39 is 0 Å². The third-order valence-corrected chi connectivity index (χ3v) is 1.70. The van der Waals surface area contributed by atoms with Gasteiger partial charge in [0.25, 0.3) is 0 Å². The van der Waals surface area contributed by atoms with Crippen molar-refractivity contribution in [2.45, 2.75) is 32.6 Å². The van der Waals surface area contributed by atoms with Crippen molar-refractivity contribution < 1.29 is 9.53 Å². The molecule has 0 N–H and O–H groups in total. The van der Waals surface area contributed by atoms with Crippen LogP contribution in [0.4, 0.5) is 0 Å². The van der Waals surface area contributed by atoms with Gasteiger partial charge in [-0.15, -0.1) is 0 Å². The van der Waals surface area contributed by atoms with Crippen molar-refractivity contribution >= 4 is 5.97 Å². The molecule has 0 radical (unpaired) electrons. The van der Waals surface area contributed by atoms with Gasteiger partial charge in [-0.3, -0.25) is 4.79 Å². The van der Waals surface area contributed by atoms with Gasteiger partial charge in [0.1, 0.15) is 5.76 Å². The van der Waals surface area contributed by atoms with Gasteiger partial charge in [0.05, 0.1) is 0 Å². The van der Waals surface area contributed by atoms with Crippen LogP contribution in [0.5, 0.6) is 0 Å². The molecule has 2 heteroatoms. The Morgan fingerprint density at radius 2 is 2.08 bits per heavy atom. The fourth-order valence-corrected chi connectivity index (χ4v) is 1.18. The zero-order valence-electron chi connectivity index (χ0n) is 7.38. The van der Waals surface area contributed by atoms with Gasteiger partial charge in [-0.05, 0) is 25.3 Å². The number of esters is 1. The van der Waals surface area contributed by atoms with E-state index in [1.54, 1.807) is 0 Å². The van der Waals surface area contributed by atoms with Crippen molar-refractivity contribution in [1.82, 2.24) is 0 Å². The highest BCUT2D eigenvalue weighted by molar-refractivity contribution is 5.67. The third-order valence-electron chi connectivity index (χ3n) is 1.70. The number of rotatable bonds is 1. The van der Waals surface area contributed by atoms with Crippen molar-refractivity contribution in [2.75, 3.05) is 0 Å². The molecule has 0 aliphatic heterocycles. The van der Waals surface area contributed by atoms with E-state index >= 15 is 0 Å². The third kappa shape index (κ3) is 3.37. The van der Waals surface area contributed by atoms with Gasteiger partial charge in [-0.1, -0.05) is 12.2 Å². The summed E-state index contributed by atoms with van der Waals surface area (Å²) in [6, 6.07) is 0. The number of carbonyl (C=O) groups excluding carboxylic acids is 1. The lowest BCUT2D eigenvalue weighted by atomic mass is 10.1. The van der Waals surface area contributed by atoms with Crippen LogP contribution in [-0.4, -0.2) is 5.97 Å². The van der Waals surface area contributed by atoms with Crippen LogP contribution in [0.1, 0.15) is 32.6 Å². The van der Waals surface area contributed by atoms with Crippen molar-refractivity contribution in [1.29, 1.82) is 0 Å². The Balaban J connectivity index is 2.45. The van der Waals surface area contributed by atoms with Crippen LogP contribution in [0.2, 0.25) is 0 Å². The molecule has 12 heavy (non-hydrogen) atoms. The fourth-order valence-electron chi connectivity index (χ4n) is 1.18. The molecular weight excluding hydrogens is 152 g/mol. The van der Waals surface area contributed by atoms with Crippen LogP contribution in [0, 0.1) is 0 Å². The molecule has 0 saturated carbocycles. The first kappa shape index (κ1) is 9.04. The highest BCUT2D eigenvalue weighted by atomic mass is 16.5. The topological polar surface area (TPSA) is 26.3 Å². The van der Waals surface area contributed by atoms with Crippen LogP contribution in [-0.2, 0) is 9.53 Å². The molecule has 0 spiro atoms. The minimum atomic E-state index is -0.217. The van der Waals surface area contributed by atoms with E-state index in [2.05, 4.69) is 12.2 Å². The Bertz CT molecular complexity index is 214. The molecule has 66 valence electrons. The average molecular weight is 166 g/mol. The van der Waals surface area contributed by atoms with Gasteiger partial charge < -0.3 is 4.74 Å². The normalized spacial score (nSPS) is 17.6. The van der Waals surface area contributed by atoms with Gasteiger partial charge in [-0.2, -0.15) is 0 Å². The van der Waals surface area contributed by atoms with Gasteiger partial charge >= 0.3 is 5.97 Å². The molecule has 0 fully saturated rings. The van der Waals surface area contributed by atoms with E-state index in [1.165, 1.54) is 6.92 Å². The van der Waals surface area contributed by atoms with E-state index in [9.17, 15) is 4.79 Å². The summed E-state index contributed by atoms with van der Waals surface area (Å²) in [4.78, 5) is 10.6. The predicted molar refractivity (Wildman–Crippen MR) is 47.5 cm³/mol. The molecule has 0 unspecified atom stereocenters. The second-order valence-electron chi connectivity index (χ2n) is 2.85. The Labute approximate surface area is 72.9 Å². The molecule has 0 aromatic carbocycles. The first-order valence-electron chi connectivity index (χ1n) is 4.31. The largest absolute Gasteiger partial charge is 0.432 e. The molecule has 0 heterocycles. The zero-order valence-corrected chi connectivity index (χ0v) is 7.38. The van der Waals surface area contributed by atoms with Crippen molar-refractivity contribution in [3.8, 4) is 0 Å². The van der Waals surface area contributed by atoms with Crippen LogP contribution >= 0.6 is 0 Å². The van der Waals surface area contributed by atoms with E-state index in [0.717, 1.165) is 31.4 Å². The van der Waals surface area contributed by atoms with Gasteiger partial charge in [0, 0.05) is 13.3 Å². The summed E-state index contributed by atoms with van der Waals surface area (Å²) in [5, 5.41) is 0. The lowest BCUT2D eigenvalue weighted by Gasteiger charge is -2.07. The molecule has 0 aromatic heterocycles. The number of allylic oxidation sites excluding steroid dienone is 4. The molecule has 1 aliphatic carbocycles. The Morgan fingerprint density at radius 1 is 1.33 bits per heavy atom. The molecule has 0 saturated heterocycles. The smallest absolute Gasteiger partial charge is 0.307 e. The maximum Gasteiger partial charge on any atom is 0.307 e. The van der Waals surface area contributed by atoms with Crippen LogP contribution in [0.25, 0.3) is 0 Å². The predicted octanol–water partition coefficient (Wildman–Crippen LogP) is 2.56. The van der Waals surface area contributed by atoms with E-state index in [0.29, 0.717) is 0 Å². The summed E-state index contributed by atoms with van der Waals surface area (Å²) in [7, 11) is 0. The van der Waals surface area contributed by atoms with Crippen LogP contribution < -0.4 is 0 Å². The van der Waals surface area contributed by atoms with Gasteiger partial charge in [0.2, 0.25) is 0 Å². The van der Waals surface area contributed by atoms with Crippen molar-refractivity contribution in [3.63, 3.8) is 0 Å². The molecule has 2 nitrogen and oxygen atoms in total. The Hall–Kier alpha value is -1.05. The number of carbonyl (C=O) groups is 1. The highest BCUT2D eigenvalue weighted by Crippen LogP contribution is 2.13. The quantitative estimate of drug-likeness (QED) is 0.442. The van der Waals surface area contributed by atoms with Gasteiger partial charge in [-0.25, -0.2) is 0 Å². The summed E-state index contributed by atoms with van der Waals surface area (Å²) in [5.74, 6) is 0.609. The summed E-state index contributed by atoms with van der Waals surface area (Å²) in [5.41, 5.74) is 0. The maximum atomic E-state index is 10.6. The van der Waals surface area contributed by atoms with Crippen LogP contribution in [0.15, 0.2) is 24.0 Å². The fraction of sp³-hybridized carbons (Fsp3) is 0.500. The SMILES string of the molecule is CC(=O)OC1=CCCC=CCC1. The molecule has 0 bridgehead atoms. The second kappa shape index (κ2) is 4.75. The highest BCUT2D eigenvalue weighted by Gasteiger charge is 2.01. The van der Waals surface area contributed by atoms with Gasteiger partial charge in [0.15, 0.2) is 0 Å². The molecule has 0 aromatic rings. The summed E-state index contributed by atoms with van der Waals surface area (Å²) in [6.45, 7) is 1.44. The zero-order chi connectivity index (χ0) is 8.81. The molecular formula is C10H14O2. The summed E-state index contributed by atoms with van der Waals surface area (Å²) >= 11 is 0. The lowest BCUT2D eigenvalue weighted by Crippen LogP contribution is -1.99. The molecule has 0 atom stereocenters. The summed E-state index contributed by atoms with van der Waals surface area (Å²) in [6.07, 6.45) is 10.1. The first-order chi connectivity index (χ1) is 5.79. The molecule has 0 amide bonds. The van der Waals surface area contributed by atoms with E-state index in [4.69, 9.17) is 4.74 Å².